The van der Waals surface area contributed by atoms with E-state index in [1.54, 1.807) is 0 Å². The third-order valence-electron chi connectivity index (χ3n) is 7.26. The number of ether oxygens (including phenoxy) is 2. The Labute approximate surface area is 219 Å². The second-order valence-corrected chi connectivity index (χ2v) is 10.2. The van der Waals surface area contributed by atoms with Crippen molar-refractivity contribution in [2.45, 2.75) is 90.1 Å². The molecule has 2 aliphatic heterocycles. The van der Waals surface area contributed by atoms with Gasteiger partial charge in [-0.2, -0.15) is 0 Å². The Morgan fingerprint density at radius 3 is 2.68 bits per heavy atom. The molecule has 0 unspecified atom stereocenters. The molecule has 1 aromatic carbocycles. The predicted octanol–water partition coefficient (Wildman–Crippen LogP) is 4.06. The smallest absolute Gasteiger partial charge is 0.302 e. The lowest BCUT2D eigenvalue weighted by Crippen LogP contribution is -2.42. The van der Waals surface area contributed by atoms with E-state index in [9.17, 15) is 14.4 Å². The maximum atomic E-state index is 13.0. The molecule has 0 spiro atoms. The van der Waals surface area contributed by atoms with Crippen LogP contribution in [0, 0.1) is 0 Å². The van der Waals surface area contributed by atoms with Crippen LogP contribution in [0.5, 0.6) is 5.75 Å². The van der Waals surface area contributed by atoms with Crippen molar-refractivity contribution in [1.82, 2.24) is 15.1 Å². The van der Waals surface area contributed by atoms with Gasteiger partial charge >= 0.3 is 5.97 Å². The van der Waals surface area contributed by atoms with Crippen LogP contribution in [-0.2, 0) is 25.7 Å². The van der Waals surface area contributed by atoms with E-state index in [0.29, 0.717) is 57.7 Å². The zero-order chi connectivity index (χ0) is 26.0. The van der Waals surface area contributed by atoms with Crippen LogP contribution in [0.15, 0.2) is 23.2 Å². The first-order valence-corrected chi connectivity index (χ1v) is 13.8. The number of benzene rings is 1. The highest BCUT2D eigenvalue weighted by atomic mass is 16.5. The van der Waals surface area contributed by atoms with Gasteiger partial charge in [-0.15, -0.1) is 0 Å². The van der Waals surface area contributed by atoms with Crippen LogP contribution in [0.2, 0.25) is 0 Å². The van der Waals surface area contributed by atoms with Crippen LogP contribution in [0.1, 0.15) is 83.1 Å². The van der Waals surface area contributed by atoms with Gasteiger partial charge in [0.1, 0.15) is 12.3 Å². The maximum absolute atomic E-state index is 13.0. The molecular weight excluding hydrogens is 472 g/mol. The molecule has 9 heteroatoms. The van der Waals surface area contributed by atoms with E-state index >= 15 is 0 Å². The number of carbonyl (C=O) groups excluding carboxylic acids is 3. The fourth-order valence-electron chi connectivity index (χ4n) is 5.35. The van der Waals surface area contributed by atoms with E-state index in [1.807, 2.05) is 23.1 Å². The van der Waals surface area contributed by atoms with Crippen molar-refractivity contribution in [3.05, 3.63) is 23.8 Å². The molecule has 2 amide bonds. The highest BCUT2D eigenvalue weighted by molar-refractivity contribution is 6.05. The lowest BCUT2D eigenvalue weighted by Gasteiger charge is -2.34. The Bertz CT molecular complexity index is 989. The lowest BCUT2D eigenvalue weighted by atomic mass is 9.93. The van der Waals surface area contributed by atoms with Gasteiger partial charge in [0.25, 0.3) is 0 Å². The number of hydrogen-bond donors (Lipinski definition) is 1. The molecule has 3 aliphatic rings. The largest absolute Gasteiger partial charge is 0.494 e. The number of unbranched alkanes of at least 4 members (excludes halogenated alkanes) is 3. The van der Waals surface area contributed by atoms with Gasteiger partial charge in [-0.3, -0.25) is 19.7 Å². The molecule has 37 heavy (non-hydrogen) atoms. The average Bonchev–Trinajstić information content (AvgIpc) is 3.25. The summed E-state index contributed by atoms with van der Waals surface area (Å²) in [6.07, 6.45) is 10.9. The fraction of sp³-hybridized carbons (Fsp3) is 0.643. The summed E-state index contributed by atoms with van der Waals surface area (Å²) in [7, 11) is 0. The number of hydrogen-bond acceptors (Lipinski definition) is 7. The number of esters is 1. The summed E-state index contributed by atoms with van der Waals surface area (Å²) in [6, 6.07) is 6.21. The first-order valence-electron chi connectivity index (χ1n) is 13.8. The van der Waals surface area contributed by atoms with Crippen LogP contribution in [-0.4, -0.2) is 65.9 Å². The zero-order valence-electron chi connectivity index (χ0n) is 22.0. The minimum Gasteiger partial charge on any atom is -0.494 e. The molecule has 0 radical (unpaired) electrons. The van der Waals surface area contributed by atoms with Gasteiger partial charge in [-0.1, -0.05) is 32.1 Å². The number of fused-ring (bicyclic) bond motifs is 2. The number of nitrogens with one attached hydrogen (secondary N) is 1. The van der Waals surface area contributed by atoms with Crippen molar-refractivity contribution in [3.63, 3.8) is 0 Å². The van der Waals surface area contributed by atoms with E-state index in [-0.39, 0.29) is 17.8 Å². The van der Waals surface area contributed by atoms with Crippen molar-refractivity contribution in [3.8, 4) is 5.75 Å². The van der Waals surface area contributed by atoms with Crippen molar-refractivity contribution in [2.24, 2.45) is 4.99 Å². The first kappa shape index (κ1) is 26.9. The van der Waals surface area contributed by atoms with Gasteiger partial charge in [-0.05, 0) is 50.3 Å². The van der Waals surface area contributed by atoms with E-state index in [2.05, 4.69) is 15.2 Å². The molecule has 0 aromatic heterocycles. The number of carbonyl (C=O) groups is 3. The molecular formula is C28H40N4O5. The predicted molar refractivity (Wildman–Crippen MR) is 141 cm³/mol. The summed E-state index contributed by atoms with van der Waals surface area (Å²) >= 11 is 0. The Kier molecular flexibility index (Phi) is 9.79. The van der Waals surface area contributed by atoms with Crippen LogP contribution in [0.25, 0.3) is 0 Å². The van der Waals surface area contributed by atoms with E-state index in [0.717, 1.165) is 55.5 Å². The Balaban J connectivity index is 1.13. The summed E-state index contributed by atoms with van der Waals surface area (Å²) in [5.41, 5.74) is 1.94. The Morgan fingerprint density at radius 1 is 1.05 bits per heavy atom. The monoisotopic (exact) mass is 512 g/mol. The summed E-state index contributed by atoms with van der Waals surface area (Å²) in [5, 5.41) is 2.78. The second kappa shape index (κ2) is 13.4. The number of nitrogens with zero attached hydrogens (tertiary/aromatic N) is 3. The summed E-state index contributed by atoms with van der Waals surface area (Å²) in [4.78, 5) is 44.1. The van der Waals surface area contributed by atoms with Crippen LogP contribution in [0.4, 0.5) is 5.69 Å². The quantitative estimate of drug-likeness (QED) is 0.316. The number of aliphatic imine (C=N–C) groups is 1. The number of rotatable bonds is 13. The van der Waals surface area contributed by atoms with Crippen molar-refractivity contribution in [1.29, 1.82) is 0 Å². The summed E-state index contributed by atoms with van der Waals surface area (Å²) in [5.74, 6) is 1.40. The standard InChI is InChI=1S/C28H40N4O5/c1-21(33)36-17-9-15-32(23-10-5-4-6-11-23)27(35)12-7-2-3-8-16-37-24-13-14-25-22(18-24)19-31-20-26(34)30-28(31)29-25/h13-14,18,23H,2-12,15-17,19-20H2,1H3,(H,29,30,34). The molecule has 0 bridgehead atoms. The normalized spacial score (nSPS) is 16.9. The molecule has 4 rings (SSSR count). The molecule has 1 saturated heterocycles. The highest BCUT2D eigenvalue weighted by Crippen LogP contribution is 2.30. The van der Waals surface area contributed by atoms with Crippen molar-refractivity contribution >= 4 is 29.4 Å². The molecule has 202 valence electrons. The molecule has 1 N–H and O–H groups in total. The van der Waals surface area contributed by atoms with Gasteiger partial charge < -0.3 is 19.3 Å². The zero-order valence-corrected chi connectivity index (χ0v) is 22.0. The topological polar surface area (TPSA) is 101 Å². The first-order chi connectivity index (χ1) is 18.0. The molecule has 0 atom stereocenters. The van der Waals surface area contributed by atoms with E-state index in [1.165, 1.54) is 26.2 Å². The minimum atomic E-state index is -0.267. The van der Waals surface area contributed by atoms with Crippen LogP contribution in [0.3, 0.4) is 0 Å². The third kappa shape index (κ3) is 7.94. The van der Waals surface area contributed by atoms with E-state index < -0.39 is 0 Å². The van der Waals surface area contributed by atoms with Gasteiger partial charge in [-0.25, -0.2) is 4.99 Å². The number of amides is 2. The van der Waals surface area contributed by atoms with Gasteiger partial charge in [0.2, 0.25) is 17.8 Å². The minimum absolute atomic E-state index is 0.0225. The van der Waals surface area contributed by atoms with Crippen LogP contribution < -0.4 is 10.1 Å². The fourth-order valence-corrected chi connectivity index (χ4v) is 5.35. The van der Waals surface area contributed by atoms with Gasteiger partial charge in [0, 0.05) is 38.0 Å². The van der Waals surface area contributed by atoms with E-state index in [4.69, 9.17) is 9.47 Å². The summed E-state index contributed by atoms with van der Waals surface area (Å²) in [6.45, 7) is 4.09. The van der Waals surface area contributed by atoms with Crippen molar-refractivity contribution in [2.75, 3.05) is 26.3 Å². The molecule has 1 saturated carbocycles. The van der Waals surface area contributed by atoms with Crippen molar-refractivity contribution < 1.29 is 23.9 Å². The number of guanidine groups is 1. The molecule has 2 heterocycles. The molecule has 2 fully saturated rings. The molecule has 9 nitrogen and oxygen atoms in total. The third-order valence-corrected chi connectivity index (χ3v) is 7.26. The molecule has 1 aromatic rings. The average molecular weight is 513 g/mol. The highest BCUT2D eigenvalue weighted by Gasteiger charge is 2.29. The molecule has 1 aliphatic carbocycles. The lowest BCUT2D eigenvalue weighted by molar-refractivity contribution is -0.141. The van der Waals surface area contributed by atoms with Crippen LogP contribution >= 0.6 is 0 Å². The second-order valence-electron chi connectivity index (χ2n) is 10.2. The Morgan fingerprint density at radius 2 is 1.86 bits per heavy atom. The van der Waals surface area contributed by atoms with Gasteiger partial charge in [0.15, 0.2) is 0 Å². The SMILES string of the molecule is CC(=O)OCCCN(C(=O)CCCCCCOc1ccc2c(c1)CN1CC(=O)NC1=N2)C1CCCCC1. The maximum Gasteiger partial charge on any atom is 0.302 e. The van der Waals surface area contributed by atoms with Gasteiger partial charge in [0.05, 0.1) is 18.9 Å². The Hall–Kier alpha value is -3.10. The summed E-state index contributed by atoms with van der Waals surface area (Å²) < 4.78 is 11.0.